The number of thioether (sulfide) groups is 1. The molecule has 3 aliphatic heterocycles. The lowest BCUT2D eigenvalue weighted by Gasteiger charge is -2.36. The van der Waals surface area contributed by atoms with Crippen LogP contribution in [0, 0.1) is 5.92 Å². The van der Waals surface area contributed by atoms with Gasteiger partial charge in [0.2, 0.25) is 5.91 Å². The molecule has 0 aromatic rings. The van der Waals surface area contributed by atoms with Crippen molar-refractivity contribution < 1.29 is 4.79 Å². The van der Waals surface area contributed by atoms with Crippen LogP contribution < -0.4 is 16.4 Å². The summed E-state index contributed by atoms with van der Waals surface area (Å²) in [6.07, 6.45) is 5.18. The zero-order valence-electron chi connectivity index (χ0n) is 14.8. The standard InChI is InChI=1S/C17H29N5OS/c1-4-13-15(24-17(18)21-13)16(23)22-7-5-12(6-8-22)14-9-10(2)19-11(3)20-14/h9-10,12-13,15,17,21H,4-8,18H2,1-3H3,(H,19,20). The summed E-state index contributed by atoms with van der Waals surface area (Å²) >= 11 is 1.57. The highest BCUT2D eigenvalue weighted by molar-refractivity contribution is 8.01. The van der Waals surface area contributed by atoms with Gasteiger partial charge in [0.05, 0.1) is 11.9 Å². The zero-order valence-corrected chi connectivity index (χ0v) is 15.6. The summed E-state index contributed by atoms with van der Waals surface area (Å²) in [5.74, 6) is 1.75. The fraction of sp³-hybridized carbons (Fsp3) is 0.765. The van der Waals surface area contributed by atoms with E-state index in [9.17, 15) is 4.79 Å². The second-order valence-corrected chi connectivity index (χ2v) is 8.25. The maximum absolute atomic E-state index is 12.9. The molecule has 4 atom stereocenters. The van der Waals surface area contributed by atoms with Crippen molar-refractivity contribution in [2.75, 3.05) is 13.1 Å². The first kappa shape index (κ1) is 17.8. The minimum Gasteiger partial charge on any atom is -0.348 e. The largest absolute Gasteiger partial charge is 0.348 e. The van der Waals surface area contributed by atoms with Gasteiger partial charge in [0.25, 0.3) is 0 Å². The summed E-state index contributed by atoms with van der Waals surface area (Å²) in [6, 6.07) is 0.436. The Kier molecular flexibility index (Phi) is 5.52. The van der Waals surface area contributed by atoms with Crippen molar-refractivity contribution in [2.45, 2.75) is 62.9 Å². The molecular weight excluding hydrogens is 322 g/mol. The maximum Gasteiger partial charge on any atom is 0.237 e. The molecule has 24 heavy (non-hydrogen) atoms. The Hall–Kier alpha value is -1.05. The van der Waals surface area contributed by atoms with Gasteiger partial charge in [-0.15, -0.1) is 11.8 Å². The molecule has 134 valence electrons. The third-order valence-electron chi connectivity index (χ3n) is 5.11. The first-order valence-corrected chi connectivity index (χ1v) is 9.91. The molecule has 4 unspecified atom stereocenters. The van der Waals surface area contributed by atoms with Crippen LogP contribution in [0.5, 0.6) is 0 Å². The van der Waals surface area contributed by atoms with Gasteiger partial charge in [-0.2, -0.15) is 0 Å². The molecule has 1 amide bonds. The first-order valence-electron chi connectivity index (χ1n) is 8.97. The van der Waals surface area contributed by atoms with Gasteiger partial charge in [0.1, 0.15) is 10.7 Å². The van der Waals surface area contributed by atoms with E-state index in [1.807, 2.05) is 11.8 Å². The van der Waals surface area contributed by atoms with E-state index in [-0.39, 0.29) is 28.7 Å². The van der Waals surface area contributed by atoms with E-state index in [4.69, 9.17) is 5.73 Å². The number of piperidine rings is 1. The number of aliphatic imine (C=N–C) groups is 1. The van der Waals surface area contributed by atoms with Gasteiger partial charge in [-0.05, 0) is 39.2 Å². The summed E-state index contributed by atoms with van der Waals surface area (Å²) in [4.78, 5) is 19.4. The second kappa shape index (κ2) is 7.45. The van der Waals surface area contributed by atoms with E-state index >= 15 is 0 Å². The second-order valence-electron chi connectivity index (χ2n) is 6.96. The van der Waals surface area contributed by atoms with Gasteiger partial charge in [-0.3, -0.25) is 15.1 Å². The number of carbonyl (C=O) groups excluding carboxylic acids is 1. The molecule has 0 saturated carbocycles. The van der Waals surface area contributed by atoms with E-state index in [0.29, 0.717) is 5.92 Å². The van der Waals surface area contributed by atoms with Crippen LogP contribution in [0.15, 0.2) is 16.8 Å². The predicted molar refractivity (Wildman–Crippen MR) is 99.7 cm³/mol. The lowest BCUT2D eigenvalue weighted by Crippen LogP contribution is -2.48. The summed E-state index contributed by atoms with van der Waals surface area (Å²) in [7, 11) is 0. The molecule has 2 saturated heterocycles. The summed E-state index contributed by atoms with van der Waals surface area (Å²) in [5.41, 5.74) is 7.12. The van der Waals surface area contributed by atoms with Crippen molar-refractivity contribution in [3.05, 3.63) is 11.8 Å². The fourth-order valence-corrected chi connectivity index (χ4v) is 5.16. The maximum atomic E-state index is 12.9. The Morgan fingerprint density at radius 2 is 2.17 bits per heavy atom. The smallest absolute Gasteiger partial charge is 0.237 e. The number of hydrogen-bond acceptors (Lipinski definition) is 6. The van der Waals surface area contributed by atoms with E-state index in [1.165, 1.54) is 5.70 Å². The third kappa shape index (κ3) is 3.78. The van der Waals surface area contributed by atoms with Gasteiger partial charge in [-0.1, -0.05) is 6.92 Å². The van der Waals surface area contributed by atoms with Crippen molar-refractivity contribution >= 4 is 23.5 Å². The van der Waals surface area contributed by atoms with Crippen LogP contribution in [0.3, 0.4) is 0 Å². The van der Waals surface area contributed by atoms with Crippen LogP contribution >= 0.6 is 11.8 Å². The van der Waals surface area contributed by atoms with Gasteiger partial charge < -0.3 is 16.0 Å². The highest BCUT2D eigenvalue weighted by atomic mass is 32.2. The predicted octanol–water partition coefficient (Wildman–Crippen LogP) is 1.24. The lowest BCUT2D eigenvalue weighted by molar-refractivity contribution is -0.132. The molecule has 2 fully saturated rings. The molecule has 0 radical (unpaired) electrons. The number of nitrogens with two attached hydrogens (primary N) is 1. The minimum atomic E-state index is -0.123. The monoisotopic (exact) mass is 351 g/mol. The molecule has 3 heterocycles. The van der Waals surface area contributed by atoms with E-state index in [2.05, 4.69) is 35.5 Å². The Balaban J connectivity index is 1.56. The number of nitrogens with zero attached hydrogens (tertiary/aromatic N) is 2. The minimum absolute atomic E-state index is 0.0389. The quantitative estimate of drug-likeness (QED) is 0.713. The van der Waals surface area contributed by atoms with Crippen molar-refractivity contribution in [3.63, 3.8) is 0 Å². The highest BCUT2D eigenvalue weighted by Gasteiger charge is 2.39. The fourth-order valence-electron chi connectivity index (χ4n) is 3.87. The number of carbonyl (C=O) groups is 1. The molecule has 0 spiro atoms. The number of amides is 1. The Morgan fingerprint density at radius 1 is 1.46 bits per heavy atom. The van der Waals surface area contributed by atoms with Crippen LogP contribution in [-0.2, 0) is 4.79 Å². The molecule has 0 aromatic heterocycles. The lowest BCUT2D eigenvalue weighted by atomic mass is 9.91. The van der Waals surface area contributed by atoms with Gasteiger partial charge in [-0.25, -0.2) is 0 Å². The molecule has 3 aliphatic rings. The molecule has 3 rings (SSSR count). The summed E-state index contributed by atoms with van der Waals surface area (Å²) in [5, 5.41) is 6.68. The van der Waals surface area contributed by atoms with Crippen molar-refractivity contribution in [2.24, 2.45) is 16.6 Å². The van der Waals surface area contributed by atoms with Crippen LogP contribution in [0.25, 0.3) is 0 Å². The average Bonchev–Trinajstić information content (AvgIpc) is 2.94. The molecule has 0 aromatic carbocycles. The van der Waals surface area contributed by atoms with E-state index in [0.717, 1.165) is 38.2 Å². The number of rotatable bonds is 3. The van der Waals surface area contributed by atoms with Crippen LogP contribution in [-0.4, -0.2) is 52.6 Å². The summed E-state index contributed by atoms with van der Waals surface area (Å²) < 4.78 is 0. The molecule has 7 heteroatoms. The van der Waals surface area contributed by atoms with Crippen LogP contribution in [0.1, 0.15) is 40.0 Å². The van der Waals surface area contributed by atoms with Crippen LogP contribution in [0.4, 0.5) is 0 Å². The van der Waals surface area contributed by atoms with Gasteiger partial charge in [0, 0.05) is 30.7 Å². The van der Waals surface area contributed by atoms with E-state index < -0.39 is 0 Å². The average molecular weight is 352 g/mol. The topological polar surface area (TPSA) is 82.8 Å². The van der Waals surface area contributed by atoms with Crippen molar-refractivity contribution in [1.82, 2.24) is 15.5 Å². The molecule has 6 nitrogen and oxygen atoms in total. The number of hydrogen-bond donors (Lipinski definition) is 3. The van der Waals surface area contributed by atoms with E-state index in [1.54, 1.807) is 11.8 Å². The van der Waals surface area contributed by atoms with Crippen molar-refractivity contribution in [3.8, 4) is 0 Å². The highest BCUT2D eigenvalue weighted by Crippen LogP contribution is 2.31. The third-order valence-corrected chi connectivity index (χ3v) is 6.36. The Bertz CT molecular complexity index is 541. The number of likely N-dealkylation sites (tertiary alicyclic amines) is 1. The van der Waals surface area contributed by atoms with Crippen molar-refractivity contribution in [1.29, 1.82) is 0 Å². The molecule has 0 bridgehead atoms. The normalized spacial score (nSPS) is 34.6. The Morgan fingerprint density at radius 3 is 2.79 bits per heavy atom. The molecule has 0 aliphatic carbocycles. The number of nitrogens with one attached hydrogen (secondary N) is 2. The van der Waals surface area contributed by atoms with Crippen LogP contribution in [0.2, 0.25) is 0 Å². The van der Waals surface area contributed by atoms with Gasteiger partial charge in [0.15, 0.2) is 0 Å². The Labute approximate surface area is 148 Å². The molecule has 4 N–H and O–H groups in total. The number of amidine groups is 1. The SMILES string of the molecule is CCC1NC(N)SC1C(=O)N1CCC(C2=CC(C)N=C(C)N2)CC1. The zero-order chi connectivity index (χ0) is 17.3. The number of allylic oxidation sites excluding steroid dienone is 1. The molecular formula is C17H29N5OS. The summed E-state index contributed by atoms with van der Waals surface area (Å²) in [6.45, 7) is 7.89. The van der Waals surface area contributed by atoms with Gasteiger partial charge >= 0.3 is 0 Å². The first-order chi connectivity index (χ1) is 11.5.